The van der Waals surface area contributed by atoms with E-state index in [1.54, 1.807) is 0 Å². The summed E-state index contributed by atoms with van der Waals surface area (Å²) in [7, 11) is 0. The quantitative estimate of drug-likeness (QED) is 0.730. The normalized spacial score (nSPS) is 17.3. The molecule has 4 heteroatoms. The summed E-state index contributed by atoms with van der Waals surface area (Å²) < 4.78 is 1.28. The Hall–Kier alpha value is -0.620. The number of hydrogen-bond donors (Lipinski definition) is 0. The maximum Gasteiger partial charge on any atom is 0.228 e. The van der Waals surface area contributed by atoms with Gasteiger partial charge in [0.2, 0.25) is 5.91 Å². The molecule has 1 aliphatic rings. The molecule has 1 amide bonds. The van der Waals surface area contributed by atoms with Crippen LogP contribution in [0.2, 0.25) is 0 Å². The van der Waals surface area contributed by atoms with E-state index in [1.807, 2.05) is 25.7 Å². The van der Waals surface area contributed by atoms with Crippen molar-refractivity contribution in [2.24, 2.45) is 5.41 Å². The first kappa shape index (κ1) is 15.8. The monoisotopic (exact) mass is 386 g/mol. The Morgan fingerprint density at radius 2 is 1.85 bits per heavy atom. The lowest BCUT2D eigenvalue weighted by Gasteiger charge is -2.37. The van der Waals surface area contributed by atoms with E-state index in [0.29, 0.717) is 0 Å². The van der Waals surface area contributed by atoms with Gasteiger partial charge in [-0.15, -0.1) is 0 Å². The van der Waals surface area contributed by atoms with Gasteiger partial charge in [-0.05, 0) is 40.3 Å². The highest BCUT2D eigenvalue weighted by Gasteiger charge is 2.29. The average molecular weight is 386 g/mol. The van der Waals surface area contributed by atoms with Gasteiger partial charge in [-0.1, -0.05) is 32.9 Å². The predicted molar refractivity (Wildman–Crippen MR) is 90.5 cm³/mol. The highest BCUT2D eigenvalue weighted by molar-refractivity contribution is 14.1. The number of amides is 1. The van der Waals surface area contributed by atoms with Crippen molar-refractivity contribution >= 4 is 28.5 Å². The molecule has 2 rings (SSSR count). The van der Waals surface area contributed by atoms with Crippen molar-refractivity contribution in [3.8, 4) is 0 Å². The number of carbonyl (C=O) groups is 1. The fraction of sp³-hybridized carbons (Fsp3) is 0.562. The van der Waals surface area contributed by atoms with E-state index in [4.69, 9.17) is 0 Å². The molecule has 0 radical (unpaired) electrons. The van der Waals surface area contributed by atoms with Crippen LogP contribution in [0.3, 0.4) is 0 Å². The first-order chi connectivity index (χ1) is 9.36. The molecule has 0 saturated carbocycles. The Labute approximate surface area is 135 Å². The maximum absolute atomic E-state index is 12.2. The van der Waals surface area contributed by atoms with Crippen LogP contribution in [0.15, 0.2) is 24.3 Å². The molecule has 0 aliphatic carbocycles. The second-order valence-electron chi connectivity index (χ2n) is 6.45. The largest absolute Gasteiger partial charge is 0.340 e. The number of halogens is 1. The number of hydrogen-bond acceptors (Lipinski definition) is 2. The zero-order chi connectivity index (χ0) is 14.8. The Bertz CT molecular complexity index is 474. The van der Waals surface area contributed by atoms with Crippen molar-refractivity contribution in [3.05, 3.63) is 33.4 Å². The summed E-state index contributed by atoms with van der Waals surface area (Å²) >= 11 is 2.35. The number of piperazine rings is 1. The van der Waals surface area contributed by atoms with Crippen molar-refractivity contribution in [1.82, 2.24) is 9.80 Å². The smallest absolute Gasteiger partial charge is 0.228 e. The summed E-state index contributed by atoms with van der Waals surface area (Å²) in [5, 5.41) is 0. The fourth-order valence-corrected chi connectivity index (χ4v) is 3.08. The van der Waals surface area contributed by atoms with Crippen molar-refractivity contribution in [2.45, 2.75) is 27.3 Å². The predicted octanol–water partition coefficient (Wildman–Crippen LogP) is 2.98. The third-order valence-electron chi connectivity index (χ3n) is 3.60. The van der Waals surface area contributed by atoms with Crippen LogP contribution in [0.1, 0.15) is 26.3 Å². The Balaban J connectivity index is 1.87. The van der Waals surface area contributed by atoms with E-state index < -0.39 is 0 Å². The summed E-state index contributed by atoms with van der Waals surface area (Å²) in [6.45, 7) is 10.6. The van der Waals surface area contributed by atoms with E-state index in [9.17, 15) is 4.79 Å². The highest BCUT2D eigenvalue weighted by atomic mass is 127. The minimum atomic E-state index is -0.266. The van der Waals surface area contributed by atoms with Crippen molar-refractivity contribution in [3.63, 3.8) is 0 Å². The van der Waals surface area contributed by atoms with Gasteiger partial charge in [0.1, 0.15) is 0 Å². The topological polar surface area (TPSA) is 23.6 Å². The molecule has 0 spiro atoms. The maximum atomic E-state index is 12.2. The summed E-state index contributed by atoms with van der Waals surface area (Å²) in [6, 6.07) is 8.63. The standard InChI is InChI=1S/C16H23IN2O/c1-16(2,3)15(20)19-9-7-18(8-10-19)12-13-5-4-6-14(17)11-13/h4-6,11H,7-10,12H2,1-3H3. The first-order valence-corrected chi connectivity index (χ1v) is 8.20. The third kappa shape index (κ3) is 4.19. The summed E-state index contributed by atoms with van der Waals surface area (Å²) in [5.74, 6) is 0.270. The molecule has 3 nitrogen and oxygen atoms in total. The van der Waals surface area contributed by atoms with Crippen LogP contribution in [0, 0.1) is 8.99 Å². The molecule has 1 aromatic rings. The zero-order valence-corrected chi connectivity index (χ0v) is 14.7. The van der Waals surface area contributed by atoms with Crippen LogP contribution in [-0.4, -0.2) is 41.9 Å². The van der Waals surface area contributed by atoms with Gasteiger partial charge in [-0.3, -0.25) is 9.69 Å². The van der Waals surface area contributed by atoms with E-state index in [0.717, 1.165) is 32.7 Å². The molecular formula is C16H23IN2O. The molecule has 1 fully saturated rings. The van der Waals surface area contributed by atoms with E-state index in [2.05, 4.69) is 51.8 Å². The molecule has 0 unspecified atom stereocenters. The van der Waals surface area contributed by atoms with E-state index in [1.165, 1.54) is 9.13 Å². The number of rotatable bonds is 2. The van der Waals surface area contributed by atoms with Gasteiger partial charge in [-0.25, -0.2) is 0 Å². The van der Waals surface area contributed by atoms with Gasteiger partial charge in [0, 0.05) is 41.7 Å². The number of benzene rings is 1. The van der Waals surface area contributed by atoms with Crippen LogP contribution in [0.25, 0.3) is 0 Å². The van der Waals surface area contributed by atoms with Crippen LogP contribution < -0.4 is 0 Å². The SMILES string of the molecule is CC(C)(C)C(=O)N1CCN(Cc2cccc(I)c2)CC1. The summed E-state index contributed by atoms with van der Waals surface area (Å²) in [5.41, 5.74) is 1.09. The van der Waals surface area contributed by atoms with Crippen LogP contribution in [0.4, 0.5) is 0 Å². The minimum absolute atomic E-state index is 0.266. The fourth-order valence-electron chi connectivity index (χ4n) is 2.48. The second-order valence-corrected chi connectivity index (χ2v) is 7.69. The second kappa shape index (κ2) is 6.43. The number of nitrogens with zero attached hydrogens (tertiary/aromatic N) is 2. The molecule has 1 heterocycles. The Morgan fingerprint density at radius 3 is 2.40 bits per heavy atom. The van der Waals surface area contributed by atoms with Crippen molar-refractivity contribution in [1.29, 1.82) is 0 Å². The molecule has 110 valence electrons. The van der Waals surface area contributed by atoms with Crippen LogP contribution in [0.5, 0.6) is 0 Å². The third-order valence-corrected chi connectivity index (χ3v) is 4.27. The zero-order valence-electron chi connectivity index (χ0n) is 12.5. The summed E-state index contributed by atoms with van der Waals surface area (Å²) in [4.78, 5) is 16.7. The average Bonchev–Trinajstić information content (AvgIpc) is 2.38. The molecule has 1 aromatic carbocycles. The van der Waals surface area contributed by atoms with Gasteiger partial charge >= 0.3 is 0 Å². The van der Waals surface area contributed by atoms with Gasteiger partial charge in [0.05, 0.1) is 0 Å². The van der Waals surface area contributed by atoms with Gasteiger partial charge in [0.15, 0.2) is 0 Å². The lowest BCUT2D eigenvalue weighted by Crippen LogP contribution is -2.51. The van der Waals surface area contributed by atoms with E-state index >= 15 is 0 Å². The molecule has 20 heavy (non-hydrogen) atoms. The molecule has 0 aromatic heterocycles. The van der Waals surface area contributed by atoms with Gasteiger partial charge in [-0.2, -0.15) is 0 Å². The number of carbonyl (C=O) groups excluding carboxylic acids is 1. The van der Waals surface area contributed by atoms with Crippen molar-refractivity contribution in [2.75, 3.05) is 26.2 Å². The molecule has 1 aliphatic heterocycles. The molecule has 0 bridgehead atoms. The van der Waals surface area contributed by atoms with Gasteiger partial charge < -0.3 is 4.90 Å². The Kier molecular flexibility index (Phi) is 5.07. The molecule has 0 atom stereocenters. The van der Waals surface area contributed by atoms with Crippen LogP contribution in [-0.2, 0) is 11.3 Å². The minimum Gasteiger partial charge on any atom is -0.340 e. The molecule has 1 saturated heterocycles. The van der Waals surface area contributed by atoms with E-state index in [-0.39, 0.29) is 11.3 Å². The lowest BCUT2D eigenvalue weighted by molar-refractivity contribution is -0.141. The molecule has 0 N–H and O–H groups in total. The molecular weight excluding hydrogens is 363 g/mol. The lowest BCUT2D eigenvalue weighted by atomic mass is 9.94. The Morgan fingerprint density at radius 1 is 1.20 bits per heavy atom. The highest BCUT2D eigenvalue weighted by Crippen LogP contribution is 2.19. The first-order valence-electron chi connectivity index (χ1n) is 7.12. The van der Waals surface area contributed by atoms with Crippen LogP contribution >= 0.6 is 22.6 Å². The van der Waals surface area contributed by atoms with Crippen molar-refractivity contribution < 1.29 is 4.79 Å². The van der Waals surface area contributed by atoms with Gasteiger partial charge in [0.25, 0.3) is 0 Å². The summed E-state index contributed by atoms with van der Waals surface area (Å²) in [6.07, 6.45) is 0.